The number of carbonyl (C=O) groups is 4. The van der Waals surface area contributed by atoms with Crippen LogP contribution in [0.1, 0.15) is 291 Å². The van der Waals surface area contributed by atoms with Crippen molar-refractivity contribution in [2.45, 2.75) is 332 Å². The van der Waals surface area contributed by atoms with Gasteiger partial charge in [0.05, 0.1) is 69.6 Å². The number of carboxylic acid groups (broad SMARTS) is 4. The first-order chi connectivity index (χ1) is 39.7. The Kier molecular flexibility index (Phi) is 32.3. The van der Waals surface area contributed by atoms with E-state index < -0.39 is 86.5 Å². The van der Waals surface area contributed by atoms with Crippen LogP contribution in [-0.4, -0.2) is 111 Å². The molecule has 4 aliphatic rings. The van der Waals surface area contributed by atoms with Gasteiger partial charge in [0.15, 0.2) is 22.7 Å². The first-order valence-corrected chi connectivity index (χ1v) is 32.4. The van der Waals surface area contributed by atoms with Gasteiger partial charge < -0.3 is 54.9 Å². The summed E-state index contributed by atoms with van der Waals surface area (Å²) in [7, 11) is 0. The van der Waals surface area contributed by atoms with Crippen LogP contribution < -0.4 is 35.7 Å². The van der Waals surface area contributed by atoms with E-state index in [2.05, 4.69) is 39.9 Å². The number of aliphatic imine (C=N–C) groups is 8. The number of rotatable bonds is 4. The standard InChI is InChI=1S/4C16H28N2O2.3C3H7O.Ti.4H/c4*1-13(2,3)10-11(14(4,5)6)18-16(17-10,12(19)20)15(7,8)9;3*1-3(2)4;;;;;/h4*1-9H3,(H,19,20);3*3H,1-2H3;;;;;/q;;;;3*-1;;;;;/p-4. The van der Waals surface area contributed by atoms with Gasteiger partial charge >= 0.3 is 21.7 Å². The molecule has 0 amide bonds. The molecule has 20 heteroatoms. The predicted octanol–water partition coefficient (Wildman–Crippen LogP) is 8.06. The molecule has 0 saturated carbocycles. The second-order valence-corrected chi connectivity index (χ2v) is 37.7. The average molecular weight is 1350 g/mol. The van der Waals surface area contributed by atoms with Crippen LogP contribution in [0.5, 0.6) is 0 Å². The second kappa shape index (κ2) is 31.6. The zero-order valence-electron chi connectivity index (χ0n) is 65.8. The zero-order valence-corrected chi connectivity index (χ0v) is 65.8. The summed E-state index contributed by atoms with van der Waals surface area (Å²) in [5, 5.41) is 75.7. The Labute approximate surface area is 579 Å². The number of carbonyl (C=O) groups excluding carboxylic acids is 4. The molecular weight excluding hydrogens is 1210 g/mol. The Morgan fingerprint density at radius 3 is 0.333 bits per heavy atom. The second-order valence-electron chi connectivity index (χ2n) is 37.7. The van der Waals surface area contributed by atoms with Gasteiger partial charge in [-0.15, -0.1) is 18.3 Å². The molecule has 0 atom stereocenters. The molecular formula is C73H133N8O11Ti-7. The van der Waals surface area contributed by atoms with Crippen molar-refractivity contribution in [2.24, 2.45) is 105 Å². The molecule has 0 unspecified atom stereocenters. The van der Waals surface area contributed by atoms with Gasteiger partial charge in [0.25, 0.3) is 0 Å². The van der Waals surface area contributed by atoms with Gasteiger partial charge in [0.2, 0.25) is 0 Å². The normalized spacial score (nSPS) is 18.1. The molecule has 0 aromatic heterocycles. The topological polar surface area (TPSA) is 329 Å². The van der Waals surface area contributed by atoms with Crippen molar-refractivity contribution >= 4 is 69.6 Å². The van der Waals surface area contributed by atoms with E-state index in [1.165, 1.54) is 0 Å². The Bertz CT molecular complexity index is 2320. The van der Waals surface area contributed by atoms with Gasteiger partial charge in [-0.3, -0.25) is 39.9 Å². The first kappa shape index (κ1) is 95.2. The maximum absolute atomic E-state index is 11.8. The maximum atomic E-state index is 11.8. The zero-order chi connectivity index (χ0) is 75.3. The summed E-state index contributed by atoms with van der Waals surface area (Å²) in [6.07, 6.45) is -1.25. The summed E-state index contributed by atoms with van der Waals surface area (Å²) < 4.78 is 0. The molecule has 0 aromatic carbocycles. The summed E-state index contributed by atoms with van der Waals surface area (Å²) in [5.41, 5.74) is -4.59. The van der Waals surface area contributed by atoms with Crippen molar-refractivity contribution in [1.82, 2.24) is 0 Å². The quantitative estimate of drug-likeness (QED) is 0.242. The van der Waals surface area contributed by atoms with Crippen LogP contribution >= 0.6 is 0 Å². The number of aliphatic carboxylic acids is 4. The molecule has 0 saturated heterocycles. The molecule has 0 radical (unpaired) electrons. The molecule has 0 N–H and O–H groups in total. The molecule has 4 rings (SSSR count). The molecule has 0 fully saturated rings. The molecule has 19 nitrogen and oxygen atoms in total. The van der Waals surface area contributed by atoms with E-state index in [0.29, 0.717) is 0 Å². The van der Waals surface area contributed by atoms with Crippen LogP contribution in [0.15, 0.2) is 39.9 Å². The average Bonchev–Trinajstić information content (AvgIpc) is 1.62. The number of carboxylic acids is 4. The summed E-state index contributed by atoms with van der Waals surface area (Å²) in [6, 6.07) is 0. The summed E-state index contributed by atoms with van der Waals surface area (Å²) in [5.74, 6) is -4.92. The predicted molar refractivity (Wildman–Crippen MR) is 375 cm³/mol. The van der Waals surface area contributed by atoms with Crippen LogP contribution in [0.25, 0.3) is 0 Å². The van der Waals surface area contributed by atoms with Crippen molar-refractivity contribution in [1.29, 1.82) is 0 Å². The Hall–Kier alpha value is -4.17. The fraction of sp³-hybridized carbons (Fsp3) is 0.836. The van der Waals surface area contributed by atoms with Crippen LogP contribution in [0.2, 0.25) is 0 Å². The van der Waals surface area contributed by atoms with E-state index in [1.807, 2.05) is 249 Å². The SMILES string of the molecule is CC(C)(C)C1=NC(C(=O)[O-])(C(C)(C)C)N=C1C(C)(C)C.CC(C)(C)C1=NC(C(=O)[O-])(C(C)(C)C)N=C1C(C)(C)C.CC(C)(C)C1=NC(C(=O)[O-])(C(C)(C)C)N=C1C(C)(C)C.CC(C)(C)C1=NC(C(=O)[O-])(C(C)(C)C)N=C1C(C)(C)C.CC(C)[O-].CC(C)[O-].CC(C)[O-].[TiH4]. The van der Waals surface area contributed by atoms with Gasteiger partial charge in [-0.2, -0.15) is 0 Å². The third-order valence-electron chi connectivity index (χ3n) is 14.1. The minimum absolute atomic E-state index is 0. The van der Waals surface area contributed by atoms with Crippen LogP contribution in [-0.2, 0) is 40.9 Å². The van der Waals surface area contributed by atoms with Gasteiger partial charge in [-0.05, 0) is 0 Å². The molecule has 542 valence electrons. The van der Waals surface area contributed by atoms with Gasteiger partial charge in [0, 0.05) is 65.0 Å². The Balaban J connectivity index is -0.000000533. The number of hydrogen-bond acceptors (Lipinski definition) is 19. The van der Waals surface area contributed by atoms with Crippen molar-refractivity contribution in [3.8, 4) is 0 Å². The Morgan fingerprint density at radius 2 is 0.301 bits per heavy atom. The molecule has 0 aliphatic carbocycles. The third-order valence-corrected chi connectivity index (χ3v) is 14.1. The monoisotopic (exact) mass is 1350 g/mol. The molecule has 93 heavy (non-hydrogen) atoms. The van der Waals surface area contributed by atoms with Crippen molar-refractivity contribution < 1.29 is 76.6 Å². The summed E-state index contributed by atoms with van der Waals surface area (Å²) >= 11 is 0. The molecule has 0 bridgehead atoms. The number of nitrogens with zero attached hydrogens (tertiary/aromatic N) is 8. The molecule has 4 heterocycles. The van der Waals surface area contributed by atoms with Crippen molar-refractivity contribution in [3.05, 3.63) is 0 Å². The first-order valence-electron chi connectivity index (χ1n) is 32.4. The van der Waals surface area contributed by atoms with Gasteiger partial charge in [0.1, 0.15) is 0 Å². The van der Waals surface area contributed by atoms with E-state index >= 15 is 0 Å². The van der Waals surface area contributed by atoms with E-state index in [9.17, 15) is 54.9 Å². The molecule has 0 aromatic rings. The van der Waals surface area contributed by atoms with E-state index in [4.69, 9.17) is 0 Å². The Morgan fingerprint density at radius 1 is 0.237 bits per heavy atom. The van der Waals surface area contributed by atoms with Gasteiger partial charge in [-0.25, -0.2) is 0 Å². The molecule has 0 spiro atoms. The summed E-state index contributed by atoms with van der Waals surface area (Å²) in [6.45, 7) is 80.4. The summed E-state index contributed by atoms with van der Waals surface area (Å²) in [4.78, 5) is 83.6. The molecule has 4 aliphatic heterocycles. The van der Waals surface area contributed by atoms with Crippen molar-refractivity contribution in [2.75, 3.05) is 0 Å². The van der Waals surface area contributed by atoms with Gasteiger partial charge in [-0.1, -0.05) is 291 Å². The van der Waals surface area contributed by atoms with Crippen LogP contribution in [0, 0.1) is 65.0 Å². The minimum atomic E-state index is -1.53. The van der Waals surface area contributed by atoms with E-state index in [1.54, 1.807) is 41.5 Å². The van der Waals surface area contributed by atoms with E-state index in [-0.39, 0.29) is 65.0 Å². The van der Waals surface area contributed by atoms with E-state index in [0.717, 1.165) is 45.7 Å². The fourth-order valence-corrected chi connectivity index (χ4v) is 8.93. The van der Waals surface area contributed by atoms with Crippen LogP contribution in [0.3, 0.4) is 0 Å². The number of hydrogen-bond donors (Lipinski definition) is 0. The van der Waals surface area contributed by atoms with Crippen LogP contribution in [0.4, 0.5) is 0 Å². The fourth-order valence-electron chi connectivity index (χ4n) is 8.93. The third kappa shape index (κ3) is 25.3. The van der Waals surface area contributed by atoms with Crippen molar-refractivity contribution in [3.63, 3.8) is 0 Å².